The number of benzene rings is 1. The monoisotopic (exact) mass is 299 g/mol. The predicted octanol–water partition coefficient (Wildman–Crippen LogP) is 2.96. The van der Waals surface area contributed by atoms with E-state index in [4.69, 9.17) is 11.6 Å². The molecule has 0 unspecified atom stereocenters. The molecule has 0 heterocycles. The predicted molar refractivity (Wildman–Crippen MR) is 79.1 cm³/mol. The molecule has 0 fully saturated rings. The highest BCUT2D eigenvalue weighted by atomic mass is 35.5. The van der Waals surface area contributed by atoms with Gasteiger partial charge in [0.25, 0.3) is 5.69 Å². The number of nitro benzene ring substituents is 1. The van der Waals surface area contributed by atoms with E-state index in [1.165, 1.54) is 18.2 Å². The number of amides is 1. The summed E-state index contributed by atoms with van der Waals surface area (Å²) in [6.45, 7) is 6.58. The average molecular weight is 300 g/mol. The molecule has 0 aliphatic carbocycles. The molecule has 1 aromatic rings. The second-order valence-corrected chi connectivity index (χ2v) is 5.80. The Bertz CT molecular complexity index is 512. The minimum atomic E-state index is -0.537. The lowest BCUT2D eigenvalue weighted by Gasteiger charge is -2.20. The fourth-order valence-corrected chi connectivity index (χ4v) is 1.70. The summed E-state index contributed by atoms with van der Waals surface area (Å²) in [5.74, 6) is -0.197. The van der Waals surface area contributed by atoms with Crippen molar-refractivity contribution in [2.24, 2.45) is 0 Å². The summed E-state index contributed by atoms with van der Waals surface area (Å²) in [6, 6.07) is 3.94. The number of anilines is 1. The number of carbonyl (C=O) groups is 1. The molecule has 7 heteroatoms. The molecule has 110 valence electrons. The Morgan fingerprint density at radius 3 is 2.55 bits per heavy atom. The van der Waals surface area contributed by atoms with Crippen LogP contribution in [0.3, 0.4) is 0 Å². The lowest BCUT2D eigenvalue weighted by atomic mass is 10.1. The normalized spacial score (nSPS) is 11.2. The number of rotatable bonds is 5. The van der Waals surface area contributed by atoms with Crippen molar-refractivity contribution in [3.05, 3.63) is 33.3 Å². The minimum absolute atomic E-state index is 0.0503. The number of nitrogens with one attached hydrogen (secondary N) is 2. The lowest BCUT2D eigenvalue weighted by molar-refractivity contribution is -0.384. The van der Waals surface area contributed by atoms with E-state index in [-0.39, 0.29) is 22.2 Å². The Morgan fingerprint density at radius 2 is 2.05 bits per heavy atom. The fraction of sp³-hybridized carbons (Fsp3) is 0.462. The second-order valence-electron chi connectivity index (χ2n) is 5.40. The summed E-state index contributed by atoms with van der Waals surface area (Å²) < 4.78 is 0. The summed E-state index contributed by atoms with van der Waals surface area (Å²) >= 11 is 5.89. The van der Waals surface area contributed by atoms with Crippen LogP contribution >= 0.6 is 11.6 Å². The van der Waals surface area contributed by atoms with E-state index in [9.17, 15) is 14.9 Å². The van der Waals surface area contributed by atoms with Gasteiger partial charge in [-0.15, -0.1) is 0 Å². The number of nitro groups is 1. The van der Waals surface area contributed by atoms with Gasteiger partial charge in [-0.3, -0.25) is 14.9 Å². The number of nitrogens with zero attached hydrogens (tertiary/aromatic N) is 1. The Morgan fingerprint density at radius 1 is 1.40 bits per heavy atom. The first-order chi connectivity index (χ1) is 9.19. The van der Waals surface area contributed by atoms with Crippen molar-refractivity contribution in [1.29, 1.82) is 0 Å². The molecule has 0 aliphatic rings. The molecule has 6 nitrogen and oxygen atoms in total. The van der Waals surface area contributed by atoms with Crippen LogP contribution in [0.1, 0.15) is 27.2 Å². The standard InChI is InChI=1S/C13H18ClN3O3/c1-13(2,3)15-7-6-12(18)16-11-5-4-9(17(19)20)8-10(11)14/h4-5,8,15H,6-7H2,1-3H3,(H,16,18). The summed E-state index contributed by atoms with van der Waals surface area (Å²) in [5.41, 5.74) is 0.214. The van der Waals surface area contributed by atoms with Gasteiger partial charge < -0.3 is 10.6 Å². The molecule has 20 heavy (non-hydrogen) atoms. The second kappa shape index (κ2) is 6.67. The summed E-state index contributed by atoms with van der Waals surface area (Å²) in [4.78, 5) is 21.8. The summed E-state index contributed by atoms with van der Waals surface area (Å²) in [6.07, 6.45) is 0.296. The van der Waals surface area contributed by atoms with Crippen LogP contribution < -0.4 is 10.6 Å². The third-order valence-electron chi connectivity index (χ3n) is 2.44. The van der Waals surface area contributed by atoms with E-state index < -0.39 is 4.92 Å². The van der Waals surface area contributed by atoms with Crippen molar-refractivity contribution in [3.8, 4) is 0 Å². The van der Waals surface area contributed by atoms with E-state index in [0.717, 1.165) is 0 Å². The summed E-state index contributed by atoms with van der Waals surface area (Å²) in [7, 11) is 0. The average Bonchev–Trinajstić information content (AvgIpc) is 2.29. The molecular weight excluding hydrogens is 282 g/mol. The Balaban J connectivity index is 2.56. The molecule has 0 radical (unpaired) electrons. The van der Waals surface area contributed by atoms with Crippen LogP contribution in [0.2, 0.25) is 5.02 Å². The Kier molecular flexibility index (Phi) is 5.47. The Hall–Kier alpha value is -1.66. The van der Waals surface area contributed by atoms with Crippen LogP contribution in [-0.4, -0.2) is 22.9 Å². The molecule has 0 aliphatic heterocycles. The van der Waals surface area contributed by atoms with Crippen LogP contribution in [0.5, 0.6) is 0 Å². The molecule has 0 atom stereocenters. The van der Waals surface area contributed by atoms with Gasteiger partial charge in [-0.2, -0.15) is 0 Å². The van der Waals surface area contributed by atoms with Crippen LogP contribution in [-0.2, 0) is 4.79 Å². The third kappa shape index (κ3) is 5.54. The van der Waals surface area contributed by atoms with Gasteiger partial charge in [-0.25, -0.2) is 0 Å². The van der Waals surface area contributed by atoms with Gasteiger partial charge in [0.1, 0.15) is 0 Å². The fourth-order valence-electron chi connectivity index (χ4n) is 1.48. The van der Waals surface area contributed by atoms with Crippen LogP contribution in [0.25, 0.3) is 0 Å². The lowest BCUT2D eigenvalue weighted by Crippen LogP contribution is -2.37. The van der Waals surface area contributed by atoms with Gasteiger partial charge >= 0.3 is 0 Å². The molecular formula is C13H18ClN3O3. The maximum Gasteiger partial charge on any atom is 0.271 e. The maximum absolute atomic E-state index is 11.7. The van der Waals surface area contributed by atoms with Crippen LogP contribution in [0.15, 0.2) is 18.2 Å². The van der Waals surface area contributed by atoms with Crippen molar-refractivity contribution in [2.45, 2.75) is 32.7 Å². The van der Waals surface area contributed by atoms with Crippen molar-refractivity contribution in [2.75, 3.05) is 11.9 Å². The molecule has 0 bridgehead atoms. The van der Waals surface area contributed by atoms with Gasteiger partial charge in [0.15, 0.2) is 0 Å². The van der Waals surface area contributed by atoms with Gasteiger partial charge in [-0.1, -0.05) is 11.6 Å². The number of hydrogen-bond acceptors (Lipinski definition) is 4. The smallest absolute Gasteiger partial charge is 0.271 e. The maximum atomic E-state index is 11.7. The van der Waals surface area contributed by atoms with E-state index in [2.05, 4.69) is 10.6 Å². The summed E-state index contributed by atoms with van der Waals surface area (Å²) in [5, 5.41) is 16.5. The molecule has 1 amide bonds. The van der Waals surface area contributed by atoms with E-state index in [1.807, 2.05) is 20.8 Å². The van der Waals surface area contributed by atoms with E-state index in [0.29, 0.717) is 18.7 Å². The highest BCUT2D eigenvalue weighted by molar-refractivity contribution is 6.33. The minimum Gasteiger partial charge on any atom is -0.325 e. The SMILES string of the molecule is CC(C)(C)NCCC(=O)Nc1ccc([N+](=O)[O-])cc1Cl. The molecule has 1 aromatic carbocycles. The largest absolute Gasteiger partial charge is 0.325 e. The Labute approximate surface area is 122 Å². The van der Waals surface area contributed by atoms with Gasteiger partial charge in [0, 0.05) is 30.6 Å². The van der Waals surface area contributed by atoms with Crippen molar-refractivity contribution in [1.82, 2.24) is 5.32 Å². The van der Waals surface area contributed by atoms with Gasteiger partial charge in [-0.05, 0) is 26.8 Å². The van der Waals surface area contributed by atoms with Crippen molar-refractivity contribution in [3.63, 3.8) is 0 Å². The quantitative estimate of drug-likeness (QED) is 0.646. The van der Waals surface area contributed by atoms with Gasteiger partial charge in [0.05, 0.1) is 15.6 Å². The van der Waals surface area contributed by atoms with E-state index in [1.54, 1.807) is 0 Å². The van der Waals surface area contributed by atoms with Gasteiger partial charge in [0.2, 0.25) is 5.91 Å². The third-order valence-corrected chi connectivity index (χ3v) is 2.76. The van der Waals surface area contributed by atoms with Crippen molar-refractivity contribution < 1.29 is 9.72 Å². The van der Waals surface area contributed by atoms with Crippen molar-refractivity contribution >= 4 is 28.9 Å². The van der Waals surface area contributed by atoms with Crippen LogP contribution in [0, 0.1) is 10.1 Å². The number of carbonyl (C=O) groups excluding carboxylic acids is 1. The zero-order valence-corrected chi connectivity index (χ0v) is 12.5. The zero-order chi connectivity index (χ0) is 15.3. The highest BCUT2D eigenvalue weighted by Crippen LogP contribution is 2.26. The molecule has 1 rings (SSSR count). The number of hydrogen-bond donors (Lipinski definition) is 2. The number of halogens is 1. The molecule has 0 aromatic heterocycles. The highest BCUT2D eigenvalue weighted by Gasteiger charge is 2.13. The molecule has 0 saturated carbocycles. The molecule has 2 N–H and O–H groups in total. The first kappa shape index (κ1) is 16.4. The zero-order valence-electron chi connectivity index (χ0n) is 11.7. The topological polar surface area (TPSA) is 84.3 Å². The van der Waals surface area contributed by atoms with Crippen LogP contribution in [0.4, 0.5) is 11.4 Å². The first-order valence-electron chi connectivity index (χ1n) is 6.18. The number of non-ortho nitro benzene ring substituents is 1. The first-order valence-corrected chi connectivity index (χ1v) is 6.55. The molecule has 0 spiro atoms. The van der Waals surface area contributed by atoms with E-state index >= 15 is 0 Å². The molecule has 0 saturated heterocycles.